The van der Waals surface area contributed by atoms with Crippen LogP contribution in [0.1, 0.15) is 21.5 Å². The Morgan fingerprint density at radius 3 is 2.44 bits per heavy atom. The molecule has 2 heterocycles. The summed E-state index contributed by atoms with van der Waals surface area (Å²) in [6, 6.07) is 22.6. The molecule has 1 aromatic heterocycles. The highest BCUT2D eigenvalue weighted by Gasteiger charge is 2.19. The van der Waals surface area contributed by atoms with Gasteiger partial charge in [-0.1, -0.05) is 30.3 Å². The molecule has 0 fully saturated rings. The molecular weight excluding hydrogens is 494 g/mol. The fourth-order valence-corrected chi connectivity index (χ4v) is 4.61. The van der Waals surface area contributed by atoms with Gasteiger partial charge in [-0.2, -0.15) is 0 Å². The number of carbonyl (C=O) groups is 1. The number of benzene rings is 4. The molecule has 190 valence electrons. The molecule has 0 radical (unpaired) electrons. The van der Waals surface area contributed by atoms with E-state index in [9.17, 15) is 14.7 Å². The van der Waals surface area contributed by atoms with E-state index in [1.165, 1.54) is 24.5 Å². The number of aromatic hydroxyl groups is 1. The van der Waals surface area contributed by atoms with E-state index in [1.807, 2.05) is 43.3 Å². The lowest BCUT2D eigenvalue weighted by molar-refractivity contribution is 0.0951. The average molecular weight is 516 g/mol. The fraction of sp³-hybridized carbons (Fsp3) is 0.0667. The van der Waals surface area contributed by atoms with E-state index in [0.717, 1.165) is 38.8 Å². The Bertz CT molecular complexity index is 1870. The van der Waals surface area contributed by atoms with Crippen molar-refractivity contribution in [2.45, 2.75) is 13.5 Å². The van der Waals surface area contributed by atoms with Crippen molar-refractivity contribution < 1.29 is 14.3 Å². The number of phenolic OH excluding ortho intramolecular Hbond substituents is 1. The maximum atomic E-state index is 13.0. The summed E-state index contributed by atoms with van der Waals surface area (Å²) in [6.45, 7) is 2.28. The molecule has 1 aliphatic carbocycles. The number of carbonyl (C=O) groups excluding carboxylic acids is 1. The van der Waals surface area contributed by atoms with Crippen LogP contribution in [0.2, 0.25) is 0 Å². The van der Waals surface area contributed by atoms with E-state index in [4.69, 9.17) is 4.42 Å². The van der Waals surface area contributed by atoms with Crippen molar-refractivity contribution in [1.82, 2.24) is 25.7 Å². The number of aromatic nitrogens is 4. The Morgan fingerprint density at radius 1 is 0.897 bits per heavy atom. The van der Waals surface area contributed by atoms with Crippen molar-refractivity contribution in [3.8, 4) is 39.6 Å². The number of rotatable bonds is 5. The van der Waals surface area contributed by atoms with E-state index < -0.39 is 0 Å². The fourth-order valence-electron chi connectivity index (χ4n) is 4.61. The van der Waals surface area contributed by atoms with Gasteiger partial charge in [0, 0.05) is 46.3 Å². The summed E-state index contributed by atoms with van der Waals surface area (Å²) in [4.78, 5) is 25.0. The summed E-state index contributed by atoms with van der Waals surface area (Å²) in [6.07, 6.45) is 1.27. The smallest absolute Gasteiger partial charge is 0.251 e. The minimum absolute atomic E-state index is 0.0654. The number of fused-ring (bicyclic) bond motifs is 2. The van der Waals surface area contributed by atoms with Gasteiger partial charge in [-0.05, 0) is 60.0 Å². The second kappa shape index (κ2) is 9.79. The summed E-state index contributed by atoms with van der Waals surface area (Å²) in [5, 5.41) is 29.1. The second-order valence-electron chi connectivity index (χ2n) is 9.09. The van der Waals surface area contributed by atoms with E-state index >= 15 is 0 Å². The van der Waals surface area contributed by atoms with E-state index in [2.05, 4.69) is 25.7 Å². The summed E-state index contributed by atoms with van der Waals surface area (Å²) >= 11 is 0. The molecule has 2 N–H and O–H groups in total. The normalized spacial score (nSPS) is 11.1. The number of hydrogen-bond donors (Lipinski definition) is 2. The van der Waals surface area contributed by atoms with Crippen LogP contribution in [0.3, 0.4) is 0 Å². The molecule has 0 bridgehead atoms. The maximum Gasteiger partial charge on any atom is 0.251 e. The van der Waals surface area contributed by atoms with E-state index in [1.54, 1.807) is 24.3 Å². The minimum atomic E-state index is -0.202. The van der Waals surface area contributed by atoms with Gasteiger partial charge in [0.2, 0.25) is 5.82 Å². The molecular formula is C30H21N5O4. The molecule has 9 heteroatoms. The predicted octanol–water partition coefficient (Wildman–Crippen LogP) is 4.76. The van der Waals surface area contributed by atoms with Crippen molar-refractivity contribution >= 4 is 16.9 Å². The molecule has 0 saturated carbocycles. The summed E-state index contributed by atoms with van der Waals surface area (Å²) in [5.41, 5.74) is 5.93. The first kappa shape index (κ1) is 23.9. The Labute approximate surface area is 222 Å². The highest BCUT2D eigenvalue weighted by Crippen LogP contribution is 2.41. The quantitative estimate of drug-likeness (QED) is 0.314. The second-order valence-corrected chi connectivity index (χ2v) is 9.09. The van der Waals surface area contributed by atoms with E-state index in [-0.39, 0.29) is 17.1 Å². The van der Waals surface area contributed by atoms with Crippen molar-refractivity contribution in [1.29, 1.82) is 0 Å². The van der Waals surface area contributed by atoms with Crippen molar-refractivity contribution in [2.75, 3.05) is 0 Å². The van der Waals surface area contributed by atoms with Gasteiger partial charge in [0.25, 0.3) is 5.91 Å². The van der Waals surface area contributed by atoms with Crippen LogP contribution in [-0.4, -0.2) is 31.4 Å². The van der Waals surface area contributed by atoms with Crippen LogP contribution >= 0.6 is 0 Å². The third-order valence-corrected chi connectivity index (χ3v) is 6.51. The number of amides is 1. The molecule has 1 aliphatic heterocycles. The molecule has 0 saturated heterocycles. The molecule has 3 aromatic carbocycles. The molecule has 0 spiro atoms. The Kier molecular flexibility index (Phi) is 6.01. The zero-order valence-corrected chi connectivity index (χ0v) is 20.8. The molecule has 39 heavy (non-hydrogen) atoms. The molecule has 2 aliphatic rings. The van der Waals surface area contributed by atoms with Gasteiger partial charge >= 0.3 is 0 Å². The van der Waals surface area contributed by atoms with Crippen molar-refractivity contribution in [2.24, 2.45) is 0 Å². The first-order valence-electron chi connectivity index (χ1n) is 12.1. The topological polar surface area (TPSA) is 131 Å². The number of aryl methyl sites for hydroxylation is 1. The highest BCUT2D eigenvalue weighted by atomic mass is 16.3. The third-order valence-electron chi connectivity index (χ3n) is 6.51. The Hall–Kier alpha value is -5.44. The highest BCUT2D eigenvalue weighted by molar-refractivity contribution is 6.03. The molecule has 1 amide bonds. The van der Waals surface area contributed by atoms with Gasteiger partial charge in [-0.3, -0.25) is 9.59 Å². The summed E-state index contributed by atoms with van der Waals surface area (Å²) in [5.74, 6) is 0.721. The third kappa shape index (κ3) is 4.69. The lowest BCUT2D eigenvalue weighted by Crippen LogP contribution is -2.22. The van der Waals surface area contributed by atoms with Crippen LogP contribution in [0.4, 0.5) is 0 Å². The van der Waals surface area contributed by atoms with Crippen LogP contribution < -0.4 is 10.7 Å². The van der Waals surface area contributed by atoms with Crippen LogP contribution in [0.25, 0.3) is 44.8 Å². The van der Waals surface area contributed by atoms with Crippen LogP contribution in [0.5, 0.6) is 5.75 Å². The first-order valence-corrected chi connectivity index (χ1v) is 12.1. The number of phenols is 1. The van der Waals surface area contributed by atoms with Gasteiger partial charge in [0.05, 0.1) is 0 Å². The van der Waals surface area contributed by atoms with E-state index in [0.29, 0.717) is 29.3 Å². The molecule has 0 unspecified atom stereocenters. The minimum Gasteiger partial charge on any atom is -0.508 e. The zero-order valence-electron chi connectivity index (χ0n) is 20.8. The van der Waals surface area contributed by atoms with Gasteiger partial charge in [0.1, 0.15) is 17.1 Å². The molecule has 6 rings (SSSR count). The van der Waals surface area contributed by atoms with Crippen molar-refractivity contribution in [3.05, 3.63) is 112 Å². The monoisotopic (exact) mass is 515 g/mol. The molecule has 9 nitrogen and oxygen atoms in total. The summed E-state index contributed by atoms with van der Waals surface area (Å²) < 4.78 is 5.94. The average Bonchev–Trinajstić information content (AvgIpc) is 2.95. The molecule has 4 aromatic rings. The standard InChI is InChI=1S/C30H21N5O4/c1-17-12-20(30(38)31-15-18-2-4-19(5-3-18)29-34-32-16-33-35-29)6-9-23(17)28-24-10-7-21(36)13-26(24)39-27-14-22(37)8-11-25(27)28/h2-14,16,36H,15H2,1H3,(H,31,38). The number of hydrogen-bond acceptors (Lipinski definition) is 8. The van der Waals surface area contributed by atoms with Gasteiger partial charge in [0.15, 0.2) is 11.8 Å². The lowest BCUT2D eigenvalue weighted by atomic mass is 9.90. The SMILES string of the molecule is Cc1cc(C(=O)NCc2ccc(-c3nncnn3)cc2)ccc1-c1c2ccc(=O)cc-2oc2cc(O)ccc12. The van der Waals surface area contributed by atoms with Gasteiger partial charge in [-0.25, -0.2) is 0 Å². The maximum absolute atomic E-state index is 13.0. The summed E-state index contributed by atoms with van der Waals surface area (Å²) in [7, 11) is 0. The van der Waals surface area contributed by atoms with Gasteiger partial charge in [-0.15, -0.1) is 20.4 Å². The number of nitrogens with zero attached hydrogens (tertiary/aromatic N) is 4. The zero-order chi connectivity index (χ0) is 26.9. The number of nitrogens with one attached hydrogen (secondary N) is 1. The molecule has 0 atom stereocenters. The van der Waals surface area contributed by atoms with Crippen LogP contribution in [0, 0.1) is 6.92 Å². The van der Waals surface area contributed by atoms with Crippen LogP contribution in [-0.2, 0) is 6.54 Å². The first-order chi connectivity index (χ1) is 19.0. The van der Waals surface area contributed by atoms with Gasteiger partial charge < -0.3 is 14.8 Å². The Morgan fingerprint density at radius 2 is 1.67 bits per heavy atom. The lowest BCUT2D eigenvalue weighted by Gasteiger charge is -2.17. The predicted molar refractivity (Wildman–Crippen MR) is 145 cm³/mol. The van der Waals surface area contributed by atoms with Crippen molar-refractivity contribution in [3.63, 3.8) is 0 Å². The van der Waals surface area contributed by atoms with Crippen LogP contribution in [0.15, 0.2) is 94.4 Å². The Balaban J connectivity index is 1.27. The largest absolute Gasteiger partial charge is 0.508 e.